The van der Waals surface area contributed by atoms with Gasteiger partial charge in [0.2, 0.25) is 0 Å². The van der Waals surface area contributed by atoms with Gasteiger partial charge in [0.05, 0.1) is 11.4 Å². The number of hydrogen-bond donors (Lipinski definition) is 2. The van der Waals surface area contributed by atoms with Gasteiger partial charge in [0.25, 0.3) is 0 Å². The van der Waals surface area contributed by atoms with Gasteiger partial charge in [-0.15, -0.1) is 0 Å². The Labute approximate surface area is 142 Å². The van der Waals surface area contributed by atoms with Crippen LogP contribution in [0.3, 0.4) is 0 Å². The fraction of sp³-hybridized carbons (Fsp3) is 0.385. The largest absolute Gasteiger partial charge is 2.00 e. The maximum Gasteiger partial charge on any atom is 2.00 e. The van der Waals surface area contributed by atoms with Gasteiger partial charge >= 0.3 is 19.5 Å². The molecule has 2 rings (SSSR count). The third-order valence-electron chi connectivity index (χ3n) is 2.76. The minimum atomic E-state index is 0. The monoisotopic (exact) mass is 360 g/mol. The first-order valence-electron chi connectivity index (χ1n) is 6.29. The summed E-state index contributed by atoms with van der Waals surface area (Å²) < 4.78 is 0. The quantitative estimate of drug-likeness (QED) is 0.370. The molecule has 0 aromatic rings. The van der Waals surface area contributed by atoms with Crippen molar-refractivity contribution in [3.8, 4) is 0 Å². The van der Waals surface area contributed by atoms with Crippen LogP contribution in [0, 0.1) is 0 Å². The molecule has 0 aromatic heterocycles. The normalized spacial score (nSPS) is 18.3. The standard InChI is InChI=1S/C13H18N6.2H2O.Zn/c1-10-12(18-8-16-10)6-14-4-3-5-15-7-13-11(2)17-9-19-13;;;/h6-9,14-15H,3-5H2,1-2H3;2*1H2;/q;;;+2/p+2. The third kappa shape index (κ3) is 6.84. The molecule has 2 heterocycles. The molecule has 0 atom stereocenters. The predicted octanol–water partition coefficient (Wildman–Crippen LogP) is -0.602. The second-order valence-electron chi connectivity index (χ2n) is 4.24. The van der Waals surface area contributed by atoms with Crippen molar-refractivity contribution >= 4 is 24.1 Å². The summed E-state index contributed by atoms with van der Waals surface area (Å²) in [5.74, 6) is 0. The zero-order valence-corrected chi connectivity index (χ0v) is 16.0. The molecule has 116 valence electrons. The van der Waals surface area contributed by atoms with Crippen molar-refractivity contribution in [2.45, 2.75) is 20.3 Å². The molecule has 8 nitrogen and oxygen atoms in total. The maximum absolute atomic E-state index is 4.13. The molecular weight excluding hydrogens is 338 g/mol. The number of aliphatic imine (C=N–C) groups is 4. The Morgan fingerprint density at radius 3 is 1.59 bits per heavy atom. The Morgan fingerprint density at radius 1 is 0.864 bits per heavy atom. The average Bonchev–Trinajstić information content (AvgIpc) is 2.98. The van der Waals surface area contributed by atoms with Crippen LogP contribution in [0.5, 0.6) is 0 Å². The zero-order chi connectivity index (χ0) is 13.5. The molecular formula is C13H24N6O2Zn+4. The molecule has 2 aliphatic rings. The third-order valence-corrected chi connectivity index (χ3v) is 2.76. The molecule has 9 heteroatoms. The van der Waals surface area contributed by atoms with E-state index in [-0.39, 0.29) is 30.4 Å². The number of allylic oxidation sites excluding steroid dienone is 2. The van der Waals surface area contributed by atoms with Crippen LogP contribution in [0.2, 0.25) is 0 Å². The van der Waals surface area contributed by atoms with Gasteiger partial charge in [-0.1, -0.05) is 0 Å². The molecule has 0 amide bonds. The smallest absolute Gasteiger partial charge is 0.457 e. The Hall–Kier alpha value is -1.70. The Bertz CT molecular complexity index is 477. The van der Waals surface area contributed by atoms with E-state index in [2.05, 4.69) is 30.6 Å². The summed E-state index contributed by atoms with van der Waals surface area (Å²) in [6.07, 6.45) is 7.95. The van der Waals surface area contributed by atoms with E-state index in [0.29, 0.717) is 0 Å². The van der Waals surface area contributed by atoms with Gasteiger partial charge in [-0.3, -0.25) is 0 Å². The van der Waals surface area contributed by atoms with Gasteiger partial charge in [0, 0.05) is 25.5 Å². The summed E-state index contributed by atoms with van der Waals surface area (Å²) in [5.41, 5.74) is 3.71. The van der Waals surface area contributed by atoms with E-state index in [4.69, 9.17) is 0 Å². The van der Waals surface area contributed by atoms with Gasteiger partial charge in [-0.2, -0.15) is 0 Å². The topological polar surface area (TPSA) is 140 Å². The molecule has 0 bridgehead atoms. The van der Waals surface area contributed by atoms with E-state index < -0.39 is 0 Å². The van der Waals surface area contributed by atoms with Crippen molar-refractivity contribution in [3.05, 3.63) is 23.8 Å². The van der Waals surface area contributed by atoms with Crippen molar-refractivity contribution in [2.24, 2.45) is 20.0 Å². The molecule has 0 fully saturated rings. The van der Waals surface area contributed by atoms with E-state index in [0.717, 1.165) is 42.3 Å². The second-order valence-corrected chi connectivity index (χ2v) is 4.24. The Morgan fingerprint density at radius 2 is 1.27 bits per heavy atom. The van der Waals surface area contributed by atoms with Crippen LogP contribution >= 0.6 is 0 Å². The van der Waals surface area contributed by atoms with Crippen molar-refractivity contribution in [1.82, 2.24) is 10.6 Å². The molecule has 0 unspecified atom stereocenters. The number of nitrogens with one attached hydrogen (secondary N) is 2. The SMILES string of the molecule is CC1=NC=NC1=CNCCCNC=C1N=CN=C1C.[OH3+].[OH3+].[Zn+2]. The molecule has 0 aromatic carbocycles. The number of hydrogen-bond acceptors (Lipinski definition) is 6. The average molecular weight is 362 g/mol. The van der Waals surface area contributed by atoms with Crippen LogP contribution in [-0.2, 0) is 30.4 Å². The molecule has 0 saturated carbocycles. The summed E-state index contributed by atoms with van der Waals surface area (Å²) in [5, 5.41) is 6.45. The molecule has 8 N–H and O–H groups in total. The van der Waals surface area contributed by atoms with E-state index >= 15 is 0 Å². The molecule has 2 aliphatic heterocycles. The van der Waals surface area contributed by atoms with Crippen LogP contribution in [0.1, 0.15) is 20.3 Å². The first kappa shape index (κ1) is 22.6. The summed E-state index contributed by atoms with van der Waals surface area (Å²) in [4.78, 5) is 16.4. The fourth-order valence-electron chi connectivity index (χ4n) is 1.59. The van der Waals surface area contributed by atoms with Crippen LogP contribution < -0.4 is 10.6 Å². The van der Waals surface area contributed by atoms with Crippen LogP contribution in [0.25, 0.3) is 0 Å². The summed E-state index contributed by atoms with van der Waals surface area (Å²) in [6.45, 7) is 5.66. The van der Waals surface area contributed by atoms with E-state index in [1.807, 2.05) is 26.2 Å². The predicted molar refractivity (Wildman–Crippen MR) is 89.7 cm³/mol. The summed E-state index contributed by atoms with van der Waals surface area (Å²) in [7, 11) is 0. The summed E-state index contributed by atoms with van der Waals surface area (Å²) in [6, 6.07) is 0. The maximum atomic E-state index is 4.13. The van der Waals surface area contributed by atoms with Crippen molar-refractivity contribution < 1.29 is 30.4 Å². The second kappa shape index (κ2) is 11.9. The molecule has 0 saturated heterocycles. The van der Waals surface area contributed by atoms with E-state index in [9.17, 15) is 0 Å². The van der Waals surface area contributed by atoms with Gasteiger partial charge in [-0.25, -0.2) is 20.0 Å². The van der Waals surface area contributed by atoms with E-state index in [1.165, 1.54) is 0 Å². The zero-order valence-electron chi connectivity index (χ0n) is 13.1. The van der Waals surface area contributed by atoms with Gasteiger partial charge in [-0.05, 0) is 20.3 Å². The molecule has 0 aliphatic carbocycles. The van der Waals surface area contributed by atoms with Crippen molar-refractivity contribution in [3.63, 3.8) is 0 Å². The van der Waals surface area contributed by atoms with Crippen molar-refractivity contribution in [2.75, 3.05) is 13.1 Å². The minimum absolute atomic E-state index is 0. The molecule has 0 radical (unpaired) electrons. The van der Waals surface area contributed by atoms with Gasteiger partial charge in [0.1, 0.15) is 24.1 Å². The number of rotatable bonds is 6. The van der Waals surface area contributed by atoms with Crippen molar-refractivity contribution in [1.29, 1.82) is 0 Å². The van der Waals surface area contributed by atoms with Crippen LogP contribution in [-0.4, -0.2) is 37.2 Å². The first-order valence-corrected chi connectivity index (χ1v) is 6.29. The first-order chi connectivity index (χ1) is 9.27. The summed E-state index contributed by atoms with van der Waals surface area (Å²) >= 11 is 0. The van der Waals surface area contributed by atoms with Crippen LogP contribution in [0.15, 0.2) is 43.8 Å². The number of nitrogens with zero attached hydrogens (tertiary/aromatic N) is 4. The van der Waals surface area contributed by atoms with Gasteiger partial charge < -0.3 is 21.6 Å². The molecule has 0 spiro atoms. The molecule has 22 heavy (non-hydrogen) atoms. The Balaban J connectivity index is 0. The Kier molecular flexibility index (Phi) is 12.2. The fourth-order valence-corrected chi connectivity index (χ4v) is 1.59. The minimum Gasteiger partial charge on any atom is -0.457 e. The van der Waals surface area contributed by atoms with E-state index in [1.54, 1.807) is 12.7 Å². The van der Waals surface area contributed by atoms with Gasteiger partial charge in [0.15, 0.2) is 0 Å². The van der Waals surface area contributed by atoms with Crippen LogP contribution in [0.4, 0.5) is 0 Å².